The predicted octanol–water partition coefficient (Wildman–Crippen LogP) is 1.50. The Kier molecular flexibility index (Phi) is 5.89. The van der Waals surface area contributed by atoms with Gasteiger partial charge in [-0.15, -0.1) is 12.6 Å². The zero-order valence-electron chi connectivity index (χ0n) is 11.5. The summed E-state index contributed by atoms with van der Waals surface area (Å²) in [6.45, 7) is 4.22. The first-order valence-electron chi connectivity index (χ1n) is 6.26. The fraction of sp³-hybridized carbons (Fsp3) is 0.429. The molecule has 2 amide bonds. The molecule has 104 valence electrons. The smallest absolute Gasteiger partial charge is 0.244 e. The molecule has 4 nitrogen and oxygen atoms in total. The Labute approximate surface area is 119 Å². The van der Waals surface area contributed by atoms with Gasteiger partial charge in [-0.05, 0) is 31.5 Å². The highest BCUT2D eigenvalue weighted by molar-refractivity contribution is 7.80. The first-order valence-corrected chi connectivity index (χ1v) is 6.71. The van der Waals surface area contributed by atoms with Crippen molar-refractivity contribution in [2.75, 3.05) is 13.6 Å². The van der Waals surface area contributed by atoms with Crippen LogP contribution in [0.5, 0.6) is 0 Å². The number of thiol groups is 1. The van der Waals surface area contributed by atoms with Crippen molar-refractivity contribution >= 4 is 24.4 Å². The molecule has 0 aliphatic heterocycles. The van der Waals surface area contributed by atoms with Gasteiger partial charge in [-0.25, -0.2) is 0 Å². The Balaban J connectivity index is 2.51. The summed E-state index contributed by atoms with van der Waals surface area (Å²) in [7, 11) is 1.72. The van der Waals surface area contributed by atoms with E-state index in [1.807, 2.05) is 31.2 Å². The summed E-state index contributed by atoms with van der Waals surface area (Å²) in [6.07, 6.45) is 0.265. The zero-order valence-corrected chi connectivity index (χ0v) is 12.4. The van der Waals surface area contributed by atoms with E-state index in [9.17, 15) is 9.59 Å². The summed E-state index contributed by atoms with van der Waals surface area (Å²) in [5, 5.41) is 2.71. The van der Waals surface area contributed by atoms with Gasteiger partial charge < -0.3 is 10.2 Å². The molecule has 19 heavy (non-hydrogen) atoms. The van der Waals surface area contributed by atoms with Crippen LogP contribution in [0.2, 0.25) is 0 Å². The third-order valence-electron chi connectivity index (χ3n) is 2.90. The molecule has 0 aliphatic rings. The number of hydrogen-bond acceptors (Lipinski definition) is 3. The van der Waals surface area contributed by atoms with Crippen molar-refractivity contribution < 1.29 is 9.59 Å². The average Bonchev–Trinajstić information content (AvgIpc) is 2.39. The second kappa shape index (κ2) is 7.19. The van der Waals surface area contributed by atoms with E-state index in [1.165, 1.54) is 0 Å². The summed E-state index contributed by atoms with van der Waals surface area (Å²) in [4.78, 5) is 26.1. The molecular formula is C14H20N2O2S. The fourth-order valence-electron chi connectivity index (χ4n) is 1.64. The van der Waals surface area contributed by atoms with Gasteiger partial charge in [-0.3, -0.25) is 9.59 Å². The first kappa shape index (κ1) is 15.6. The van der Waals surface area contributed by atoms with Crippen LogP contribution in [0.15, 0.2) is 29.2 Å². The van der Waals surface area contributed by atoms with Gasteiger partial charge in [0.1, 0.15) is 6.04 Å². The summed E-state index contributed by atoms with van der Waals surface area (Å²) in [5.41, 5.74) is 0.902. The maximum Gasteiger partial charge on any atom is 0.244 e. The van der Waals surface area contributed by atoms with E-state index in [-0.39, 0.29) is 18.2 Å². The maximum atomic E-state index is 11.8. The minimum absolute atomic E-state index is 0.0819. The molecule has 1 atom stereocenters. The highest BCUT2D eigenvalue weighted by Gasteiger charge is 2.18. The number of likely N-dealkylation sites (N-methyl/N-ethyl adjacent to an activating group) is 1. The van der Waals surface area contributed by atoms with E-state index in [2.05, 4.69) is 17.9 Å². The standard InChI is InChI=1S/C14H20N2O2S/c1-4-16(3)14(18)10(2)15-13(17)9-11-5-7-12(19)8-6-11/h5-8,10,19H,4,9H2,1-3H3,(H,15,17). The monoisotopic (exact) mass is 280 g/mol. The number of carbonyl (C=O) groups excluding carboxylic acids is 2. The lowest BCUT2D eigenvalue weighted by molar-refractivity contribution is -0.134. The fourth-order valence-corrected chi connectivity index (χ4v) is 1.79. The van der Waals surface area contributed by atoms with Crippen molar-refractivity contribution in [1.82, 2.24) is 10.2 Å². The molecular weight excluding hydrogens is 260 g/mol. The van der Waals surface area contributed by atoms with E-state index in [4.69, 9.17) is 0 Å². The number of hydrogen-bond donors (Lipinski definition) is 2. The van der Waals surface area contributed by atoms with Crippen LogP contribution >= 0.6 is 12.6 Å². The number of carbonyl (C=O) groups is 2. The number of rotatable bonds is 5. The van der Waals surface area contributed by atoms with Gasteiger partial charge in [-0.2, -0.15) is 0 Å². The summed E-state index contributed by atoms with van der Waals surface area (Å²) < 4.78 is 0. The average molecular weight is 280 g/mol. The molecule has 0 radical (unpaired) electrons. The largest absolute Gasteiger partial charge is 0.344 e. The highest BCUT2D eigenvalue weighted by Crippen LogP contribution is 2.08. The molecule has 5 heteroatoms. The molecule has 0 aliphatic carbocycles. The van der Waals surface area contributed by atoms with Crippen LogP contribution in [0.3, 0.4) is 0 Å². The van der Waals surface area contributed by atoms with Crippen molar-refractivity contribution in [3.63, 3.8) is 0 Å². The third kappa shape index (κ3) is 4.95. The Morgan fingerprint density at radius 3 is 2.42 bits per heavy atom. The molecule has 0 aromatic heterocycles. The predicted molar refractivity (Wildman–Crippen MR) is 78.3 cm³/mol. The highest BCUT2D eigenvalue weighted by atomic mass is 32.1. The van der Waals surface area contributed by atoms with E-state index in [0.717, 1.165) is 10.5 Å². The lowest BCUT2D eigenvalue weighted by atomic mass is 10.1. The minimum Gasteiger partial charge on any atom is -0.344 e. The summed E-state index contributed by atoms with van der Waals surface area (Å²) in [6, 6.07) is 6.89. The van der Waals surface area contributed by atoms with Gasteiger partial charge in [0.2, 0.25) is 11.8 Å². The van der Waals surface area contributed by atoms with Crippen molar-refractivity contribution in [2.45, 2.75) is 31.2 Å². The molecule has 1 aromatic rings. The van der Waals surface area contributed by atoms with Crippen molar-refractivity contribution in [3.8, 4) is 0 Å². The van der Waals surface area contributed by atoms with Gasteiger partial charge in [-0.1, -0.05) is 12.1 Å². The van der Waals surface area contributed by atoms with E-state index < -0.39 is 6.04 Å². The SMILES string of the molecule is CCN(C)C(=O)C(C)NC(=O)Cc1ccc(S)cc1. The topological polar surface area (TPSA) is 49.4 Å². The molecule has 0 spiro atoms. The number of nitrogens with zero attached hydrogens (tertiary/aromatic N) is 1. The van der Waals surface area contributed by atoms with Crippen molar-refractivity contribution in [1.29, 1.82) is 0 Å². The number of benzene rings is 1. The molecule has 1 rings (SSSR count). The van der Waals surface area contributed by atoms with Crippen molar-refractivity contribution in [2.24, 2.45) is 0 Å². The molecule has 1 N–H and O–H groups in total. The molecule has 0 bridgehead atoms. The zero-order chi connectivity index (χ0) is 14.4. The lowest BCUT2D eigenvalue weighted by Crippen LogP contribution is -2.45. The van der Waals surface area contributed by atoms with Crippen molar-refractivity contribution in [3.05, 3.63) is 29.8 Å². The van der Waals surface area contributed by atoms with Gasteiger partial charge in [0.05, 0.1) is 6.42 Å². The molecule has 0 fully saturated rings. The van der Waals surface area contributed by atoms with Crippen LogP contribution in [0.1, 0.15) is 19.4 Å². The van der Waals surface area contributed by atoms with E-state index in [0.29, 0.717) is 6.54 Å². The van der Waals surface area contributed by atoms with Crippen LogP contribution in [0.25, 0.3) is 0 Å². The van der Waals surface area contributed by atoms with Crippen LogP contribution in [-0.4, -0.2) is 36.3 Å². The second-order valence-electron chi connectivity index (χ2n) is 4.48. The number of nitrogens with one attached hydrogen (secondary N) is 1. The Morgan fingerprint density at radius 1 is 1.32 bits per heavy atom. The Bertz CT molecular complexity index is 445. The van der Waals surface area contributed by atoms with E-state index in [1.54, 1.807) is 18.9 Å². The van der Waals surface area contributed by atoms with Gasteiger partial charge in [0.25, 0.3) is 0 Å². The second-order valence-corrected chi connectivity index (χ2v) is 5.00. The van der Waals surface area contributed by atoms with Crippen LogP contribution in [-0.2, 0) is 16.0 Å². The summed E-state index contributed by atoms with van der Waals surface area (Å²) in [5.74, 6) is -0.237. The first-order chi connectivity index (χ1) is 8.93. The molecule has 0 heterocycles. The van der Waals surface area contributed by atoms with E-state index >= 15 is 0 Å². The summed E-state index contributed by atoms with van der Waals surface area (Å²) >= 11 is 4.19. The Hall–Kier alpha value is -1.49. The quantitative estimate of drug-likeness (QED) is 0.803. The van der Waals surface area contributed by atoms with Crippen LogP contribution in [0.4, 0.5) is 0 Å². The molecule has 1 unspecified atom stereocenters. The maximum absolute atomic E-state index is 11.8. The van der Waals surface area contributed by atoms with Gasteiger partial charge in [0.15, 0.2) is 0 Å². The Morgan fingerprint density at radius 2 is 1.89 bits per heavy atom. The molecule has 0 saturated carbocycles. The van der Waals surface area contributed by atoms with Crippen LogP contribution in [0, 0.1) is 0 Å². The lowest BCUT2D eigenvalue weighted by Gasteiger charge is -2.20. The molecule has 0 saturated heterocycles. The van der Waals surface area contributed by atoms with Gasteiger partial charge in [0, 0.05) is 18.5 Å². The number of amides is 2. The van der Waals surface area contributed by atoms with Gasteiger partial charge >= 0.3 is 0 Å². The normalized spacial score (nSPS) is 11.8. The molecule has 1 aromatic carbocycles. The minimum atomic E-state index is -0.499. The van der Waals surface area contributed by atoms with Crippen LogP contribution < -0.4 is 5.32 Å². The third-order valence-corrected chi connectivity index (χ3v) is 3.20.